The average Bonchev–Trinajstić information content (AvgIpc) is 3.04. The van der Waals surface area contributed by atoms with Gasteiger partial charge in [0.25, 0.3) is 0 Å². The summed E-state index contributed by atoms with van der Waals surface area (Å²) in [5, 5.41) is 9.98. The number of rotatable bonds is 6. The summed E-state index contributed by atoms with van der Waals surface area (Å²) < 4.78 is 30.9. The Bertz CT molecular complexity index is 1040. The van der Waals surface area contributed by atoms with E-state index < -0.39 is 11.8 Å². The Labute approximate surface area is 162 Å². The number of esters is 1. The number of nitriles is 1. The van der Waals surface area contributed by atoms with Crippen LogP contribution in [0.5, 0.6) is 5.75 Å². The first kappa shape index (κ1) is 20.9. The van der Waals surface area contributed by atoms with Crippen molar-refractivity contribution in [2.24, 2.45) is 0 Å². The lowest BCUT2D eigenvalue weighted by atomic mass is 10.1. The summed E-state index contributed by atoms with van der Waals surface area (Å²) in [5.74, 6) is -0.661. The Kier molecular flexibility index (Phi) is 6.74. The van der Waals surface area contributed by atoms with Crippen LogP contribution in [0.4, 0.5) is 4.39 Å². The van der Waals surface area contributed by atoms with Crippen molar-refractivity contribution in [3.8, 4) is 17.5 Å². The quantitative estimate of drug-likeness (QED) is 0.464. The highest BCUT2D eigenvalue weighted by molar-refractivity contribution is 5.93. The van der Waals surface area contributed by atoms with E-state index in [4.69, 9.17) is 14.2 Å². The van der Waals surface area contributed by atoms with E-state index in [1.165, 1.54) is 19.2 Å². The number of hydrogen-bond acceptors (Lipinski definition) is 5. The topological polar surface area (TPSA) is 73.5 Å². The largest absolute Gasteiger partial charge is 0.467 e. The molecule has 0 bridgehead atoms. The maximum absolute atomic E-state index is 13.7. The third-order valence-electron chi connectivity index (χ3n) is 3.96. The minimum atomic E-state index is -0.517. The van der Waals surface area contributed by atoms with Crippen LogP contribution in [0.1, 0.15) is 30.3 Å². The van der Waals surface area contributed by atoms with E-state index in [9.17, 15) is 14.4 Å². The number of halogens is 1. The van der Waals surface area contributed by atoms with Crippen molar-refractivity contribution in [1.82, 2.24) is 4.57 Å². The normalized spacial score (nSPS) is 10.2. The fourth-order valence-electron chi connectivity index (χ4n) is 2.78. The second kappa shape index (κ2) is 9.02. The van der Waals surface area contributed by atoms with Gasteiger partial charge in [-0.15, -0.1) is 0 Å². The third kappa shape index (κ3) is 3.97. The van der Waals surface area contributed by atoms with Gasteiger partial charge in [0.1, 0.15) is 23.2 Å². The minimum Gasteiger partial charge on any atom is -0.467 e. The lowest BCUT2D eigenvalue weighted by molar-refractivity contribution is 0.0438. The van der Waals surface area contributed by atoms with Gasteiger partial charge in [0.2, 0.25) is 0 Å². The molecule has 0 atom stereocenters. The molecule has 0 unspecified atom stereocenters. The second-order valence-corrected chi connectivity index (χ2v) is 5.64. The molecule has 146 valence electrons. The molecule has 2 aromatic carbocycles. The van der Waals surface area contributed by atoms with Crippen LogP contribution >= 0.6 is 0 Å². The van der Waals surface area contributed by atoms with Crippen molar-refractivity contribution in [2.75, 3.05) is 20.5 Å². The first-order valence-corrected chi connectivity index (χ1v) is 8.23. The van der Waals surface area contributed by atoms with Gasteiger partial charge in [0.15, 0.2) is 6.79 Å². The highest BCUT2D eigenvalue weighted by atomic mass is 19.1. The first-order chi connectivity index (χ1) is 13.1. The van der Waals surface area contributed by atoms with Gasteiger partial charge in [-0.3, -0.25) is 0 Å². The van der Waals surface area contributed by atoms with Crippen LogP contribution in [0.25, 0.3) is 16.6 Å². The molecular formula is C21H21FN2O4. The van der Waals surface area contributed by atoms with Gasteiger partial charge in [-0.25, -0.2) is 9.18 Å². The van der Waals surface area contributed by atoms with Crippen molar-refractivity contribution in [3.63, 3.8) is 0 Å². The maximum Gasteiger partial charge on any atom is 0.341 e. The molecule has 0 saturated carbocycles. The van der Waals surface area contributed by atoms with Crippen molar-refractivity contribution in [1.29, 1.82) is 5.26 Å². The maximum atomic E-state index is 13.7. The molecular weight excluding hydrogens is 363 g/mol. The Morgan fingerprint density at radius 3 is 2.71 bits per heavy atom. The summed E-state index contributed by atoms with van der Waals surface area (Å²) >= 11 is 0. The van der Waals surface area contributed by atoms with Crippen LogP contribution in [0, 0.1) is 17.1 Å². The van der Waals surface area contributed by atoms with E-state index in [0.717, 1.165) is 0 Å². The molecule has 0 aliphatic heterocycles. The van der Waals surface area contributed by atoms with E-state index in [1.807, 2.05) is 0 Å². The zero-order valence-electron chi connectivity index (χ0n) is 14.9. The lowest BCUT2D eigenvalue weighted by Gasteiger charge is -2.13. The fraction of sp³-hybridized carbons (Fsp3) is 0.238. The number of hydrogen-bond donors (Lipinski definition) is 0. The molecule has 1 aromatic heterocycles. The molecule has 7 heteroatoms. The van der Waals surface area contributed by atoms with E-state index in [0.29, 0.717) is 22.2 Å². The molecule has 0 fully saturated rings. The van der Waals surface area contributed by atoms with Gasteiger partial charge in [-0.2, -0.15) is 5.26 Å². The molecule has 3 aromatic rings. The van der Waals surface area contributed by atoms with Crippen LogP contribution in [0.2, 0.25) is 0 Å². The van der Waals surface area contributed by atoms with Gasteiger partial charge in [0.05, 0.1) is 17.7 Å². The van der Waals surface area contributed by atoms with E-state index >= 15 is 0 Å². The number of fused-ring (bicyclic) bond motifs is 1. The molecule has 0 amide bonds. The van der Waals surface area contributed by atoms with Gasteiger partial charge in [-0.1, -0.05) is 7.43 Å². The van der Waals surface area contributed by atoms with Crippen LogP contribution in [-0.2, 0) is 9.47 Å². The average molecular weight is 384 g/mol. The molecule has 0 N–H and O–H groups in total. The number of ether oxygens (including phenoxy) is 3. The molecule has 1 heterocycles. The number of carbonyl (C=O) groups is 1. The molecule has 0 saturated heterocycles. The van der Waals surface area contributed by atoms with Gasteiger partial charge >= 0.3 is 5.97 Å². The summed E-state index contributed by atoms with van der Waals surface area (Å²) in [6.07, 6.45) is 1.61. The zero-order chi connectivity index (χ0) is 19.4. The number of aromatic nitrogens is 1. The molecule has 0 aliphatic carbocycles. The van der Waals surface area contributed by atoms with Crippen molar-refractivity contribution >= 4 is 16.9 Å². The number of benzene rings is 2. The smallest absolute Gasteiger partial charge is 0.341 e. The van der Waals surface area contributed by atoms with Crippen molar-refractivity contribution < 1.29 is 23.4 Å². The van der Waals surface area contributed by atoms with Gasteiger partial charge in [0, 0.05) is 30.4 Å². The van der Waals surface area contributed by atoms with Crippen LogP contribution in [0.15, 0.2) is 42.6 Å². The molecule has 0 spiro atoms. The van der Waals surface area contributed by atoms with E-state index in [1.54, 1.807) is 42.0 Å². The predicted octanol–water partition coefficient (Wildman–Crippen LogP) is 4.44. The number of nitrogens with zero attached hydrogens (tertiary/aromatic N) is 2. The van der Waals surface area contributed by atoms with Crippen LogP contribution in [-0.4, -0.2) is 31.0 Å². The predicted molar refractivity (Wildman–Crippen MR) is 103 cm³/mol. The standard InChI is InChI=1S/C20H17FN2O4.CH4/c1-3-26-20(24)17-7-5-15(9-19(17)27-12-25-2)23-11-13(10-22)16-6-4-14(21)8-18(16)23;/h4-9,11H,3,12H2,1-2H3;1H4. The third-order valence-corrected chi connectivity index (χ3v) is 3.96. The van der Waals surface area contributed by atoms with E-state index in [2.05, 4.69) is 6.07 Å². The molecule has 6 nitrogen and oxygen atoms in total. The Morgan fingerprint density at radius 2 is 2.04 bits per heavy atom. The van der Waals surface area contributed by atoms with Gasteiger partial charge in [-0.05, 0) is 37.3 Å². The van der Waals surface area contributed by atoms with Crippen LogP contribution in [0.3, 0.4) is 0 Å². The Morgan fingerprint density at radius 1 is 1.25 bits per heavy atom. The Hall–Kier alpha value is -3.37. The highest BCUT2D eigenvalue weighted by Gasteiger charge is 2.17. The molecule has 0 aliphatic rings. The summed E-state index contributed by atoms with van der Waals surface area (Å²) in [5.41, 5.74) is 1.80. The minimum absolute atomic E-state index is 0. The van der Waals surface area contributed by atoms with Crippen molar-refractivity contribution in [3.05, 3.63) is 59.5 Å². The van der Waals surface area contributed by atoms with Crippen LogP contribution < -0.4 is 4.74 Å². The van der Waals surface area contributed by atoms with E-state index in [-0.39, 0.29) is 32.1 Å². The van der Waals surface area contributed by atoms with Crippen molar-refractivity contribution in [2.45, 2.75) is 14.4 Å². The van der Waals surface area contributed by atoms with Gasteiger partial charge < -0.3 is 18.8 Å². The summed E-state index contributed by atoms with van der Waals surface area (Å²) in [7, 11) is 1.47. The number of carbonyl (C=O) groups excluding carboxylic acids is 1. The summed E-state index contributed by atoms with van der Waals surface area (Å²) in [6, 6.07) is 11.2. The second-order valence-electron chi connectivity index (χ2n) is 5.64. The number of methoxy groups -OCH3 is 1. The molecule has 3 rings (SSSR count). The first-order valence-electron chi connectivity index (χ1n) is 8.23. The Balaban J connectivity index is 0.00000280. The molecule has 0 radical (unpaired) electrons. The SMILES string of the molecule is C.CCOC(=O)c1ccc(-n2cc(C#N)c3ccc(F)cc32)cc1OCOC. The highest BCUT2D eigenvalue weighted by Crippen LogP contribution is 2.29. The summed E-state index contributed by atoms with van der Waals surface area (Å²) in [4.78, 5) is 12.1. The fourth-order valence-corrected chi connectivity index (χ4v) is 2.78. The molecule has 28 heavy (non-hydrogen) atoms. The summed E-state index contributed by atoms with van der Waals surface area (Å²) in [6.45, 7) is 1.89. The lowest BCUT2D eigenvalue weighted by Crippen LogP contribution is -2.10. The zero-order valence-corrected chi connectivity index (χ0v) is 14.9. The monoisotopic (exact) mass is 384 g/mol.